The molecule has 1 fully saturated rings. The third-order valence-electron chi connectivity index (χ3n) is 4.13. The first-order chi connectivity index (χ1) is 10.8. The van der Waals surface area contributed by atoms with Crippen LogP contribution in [0.15, 0.2) is 36.4 Å². The van der Waals surface area contributed by atoms with Gasteiger partial charge in [0.15, 0.2) is 0 Å². The van der Waals surface area contributed by atoms with Crippen molar-refractivity contribution in [3.63, 3.8) is 0 Å². The Labute approximate surface area is 131 Å². The van der Waals surface area contributed by atoms with Gasteiger partial charge in [-0.05, 0) is 30.5 Å². The Hall–Kier alpha value is -2.01. The van der Waals surface area contributed by atoms with E-state index in [-0.39, 0.29) is 12.6 Å². The van der Waals surface area contributed by atoms with Crippen LogP contribution in [-0.4, -0.2) is 48.3 Å². The van der Waals surface area contributed by atoms with Crippen LogP contribution in [0.25, 0.3) is 0 Å². The Morgan fingerprint density at radius 1 is 1.32 bits per heavy atom. The van der Waals surface area contributed by atoms with E-state index in [1.807, 2.05) is 12.1 Å². The maximum absolute atomic E-state index is 12.2. The zero-order chi connectivity index (χ0) is 15.4. The van der Waals surface area contributed by atoms with Gasteiger partial charge in [-0.2, -0.15) is 0 Å². The number of aliphatic hydroxyl groups is 1. The monoisotopic (exact) mass is 301 g/mol. The zero-order valence-corrected chi connectivity index (χ0v) is 12.7. The fraction of sp³-hybridized carbons (Fsp3) is 0.471. The molecule has 5 nitrogen and oxygen atoms in total. The molecule has 0 unspecified atom stereocenters. The number of anilines is 1. The minimum Gasteiger partial charge on any atom is -0.395 e. The van der Waals surface area contributed by atoms with Crippen molar-refractivity contribution in [3.05, 3.63) is 42.0 Å². The fourth-order valence-electron chi connectivity index (χ4n) is 2.78. The highest BCUT2D eigenvalue weighted by Gasteiger charge is 2.31. The van der Waals surface area contributed by atoms with Crippen molar-refractivity contribution in [1.82, 2.24) is 10.2 Å². The molecular weight excluding hydrogens is 278 g/mol. The Balaban J connectivity index is 1.56. The molecule has 0 saturated heterocycles. The molecule has 0 aromatic heterocycles. The largest absolute Gasteiger partial charge is 0.395 e. The molecule has 0 atom stereocenters. The van der Waals surface area contributed by atoms with Crippen LogP contribution in [0.5, 0.6) is 0 Å². The molecular formula is C17H23N3O2. The molecule has 1 aromatic carbocycles. The van der Waals surface area contributed by atoms with Gasteiger partial charge in [0.2, 0.25) is 0 Å². The van der Waals surface area contributed by atoms with Crippen molar-refractivity contribution in [3.8, 4) is 0 Å². The van der Waals surface area contributed by atoms with E-state index < -0.39 is 0 Å². The van der Waals surface area contributed by atoms with Gasteiger partial charge in [-0.15, -0.1) is 0 Å². The predicted octanol–water partition coefficient (Wildman–Crippen LogP) is 1.73. The van der Waals surface area contributed by atoms with Crippen LogP contribution in [0.4, 0.5) is 10.5 Å². The van der Waals surface area contributed by atoms with E-state index in [1.54, 1.807) is 4.90 Å². The lowest BCUT2D eigenvalue weighted by Gasteiger charge is -2.22. The highest BCUT2D eigenvalue weighted by atomic mass is 16.3. The van der Waals surface area contributed by atoms with Crippen LogP contribution in [0.3, 0.4) is 0 Å². The number of hydrogen-bond acceptors (Lipinski definition) is 3. The van der Waals surface area contributed by atoms with Crippen molar-refractivity contribution < 1.29 is 9.90 Å². The molecule has 1 aromatic rings. The van der Waals surface area contributed by atoms with Crippen molar-refractivity contribution in [2.24, 2.45) is 0 Å². The van der Waals surface area contributed by atoms with Gasteiger partial charge in [0, 0.05) is 37.9 Å². The first kappa shape index (κ1) is 14.9. The number of carbonyl (C=O) groups is 1. The highest BCUT2D eigenvalue weighted by Crippen LogP contribution is 2.26. The topological polar surface area (TPSA) is 55.8 Å². The van der Waals surface area contributed by atoms with Crippen molar-refractivity contribution >= 4 is 11.7 Å². The summed E-state index contributed by atoms with van der Waals surface area (Å²) in [7, 11) is 0. The molecule has 1 aliphatic carbocycles. The van der Waals surface area contributed by atoms with Gasteiger partial charge in [0.05, 0.1) is 6.61 Å². The highest BCUT2D eigenvalue weighted by molar-refractivity contribution is 5.75. The number of nitrogens with zero attached hydrogens (tertiary/aromatic N) is 2. The molecule has 2 N–H and O–H groups in total. The van der Waals surface area contributed by atoms with Crippen LogP contribution in [0.1, 0.15) is 18.4 Å². The Morgan fingerprint density at radius 3 is 2.77 bits per heavy atom. The van der Waals surface area contributed by atoms with Gasteiger partial charge < -0.3 is 20.2 Å². The number of amides is 2. The van der Waals surface area contributed by atoms with Gasteiger partial charge in [-0.25, -0.2) is 4.79 Å². The summed E-state index contributed by atoms with van der Waals surface area (Å²) >= 11 is 0. The van der Waals surface area contributed by atoms with E-state index >= 15 is 0 Å². The SMILES string of the molecule is O=C(NCc1cccc(N2CC=CC2)c1)N(CCO)C1CC1. The summed E-state index contributed by atoms with van der Waals surface area (Å²) in [5, 5.41) is 12.0. The Bertz CT molecular complexity index is 547. The first-order valence-corrected chi connectivity index (χ1v) is 7.92. The number of carbonyl (C=O) groups excluding carboxylic acids is 1. The smallest absolute Gasteiger partial charge is 0.317 e. The lowest BCUT2D eigenvalue weighted by molar-refractivity contribution is 0.173. The van der Waals surface area contributed by atoms with Gasteiger partial charge >= 0.3 is 6.03 Å². The minimum atomic E-state index is -0.0789. The fourth-order valence-corrected chi connectivity index (χ4v) is 2.78. The molecule has 2 aliphatic rings. The normalized spacial score (nSPS) is 16.9. The summed E-state index contributed by atoms with van der Waals surface area (Å²) in [6, 6.07) is 8.52. The predicted molar refractivity (Wildman–Crippen MR) is 86.8 cm³/mol. The third-order valence-corrected chi connectivity index (χ3v) is 4.13. The number of nitrogens with one attached hydrogen (secondary N) is 1. The van der Waals surface area contributed by atoms with Gasteiger partial charge in [0.1, 0.15) is 0 Å². The second-order valence-corrected chi connectivity index (χ2v) is 5.85. The number of aliphatic hydroxyl groups excluding tert-OH is 1. The molecule has 0 spiro atoms. The molecule has 5 heteroatoms. The number of urea groups is 1. The van der Waals surface area contributed by atoms with E-state index in [4.69, 9.17) is 5.11 Å². The quantitative estimate of drug-likeness (QED) is 0.787. The maximum Gasteiger partial charge on any atom is 0.317 e. The molecule has 0 bridgehead atoms. The van der Waals surface area contributed by atoms with Crippen molar-refractivity contribution in [2.45, 2.75) is 25.4 Å². The summed E-state index contributed by atoms with van der Waals surface area (Å²) in [6.45, 7) is 2.84. The standard InChI is InChI=1S/C17H23N3O2/c21-11-10-20(15-6-7-15)17(22)18-13-14-4-3-5-16(12-14)19-8-1-2-9-19/h1-5,12,15,21H,6-11,13H2,(H,18,22). The third kappa shape index (κ3) is 3.60. The summed E-state index contributed by atoms with van der Waals surface area (Å²) in [5.74, 6) is 0. The zero-order valence-electron chi connectivity index (χ0n) is 12.7. The molecule has 1 saturated carbocycles. The lowest BCUT2D eigenvalue weighted by Crippen LogP contribution is -2.42. The van der Waals surface area contributed by atoms with E-state index in [0.717, 1.165) is 31.5 Å². The van der Waals surface area contributed by atoms with E-state index in [0.29, 0.717) is 19.1 Å². The first-order valence-electron chi connectivity index (χ1n) is 7.92. The average molecular weight is 301 g/mol. The lowest BCUT2D eigenvalue weighted by atomic mass is 10.2. The molecule has 22 heavy (non-hydrogen) atoms. The maximum atomic E-state index is 12.2. The van der Waals surface area contributed by atoms with E-state index in [2.05, 4.69) is 34.5 Å². The summed E-state index contributed by atoms with van der Waals surface area (Å²) in [4.78, 5) is 16.2. The summed E-state index contributed by atoms with van der Waals surface area (Å²) < 4.78 is 0. The van der Waals surface area contributed by atoms with Gasteiger partial charge in [-0.3, -0.25) is 0 Å². The molecule has 1 aliphatic heterocycles. The van der Waals surface area contributed by atoms with Crippen LogP contribution < -0.4 is 10.2 Å². The van der Waals surface area contributed by atoms with Crippen molar-refractivity contribution in [2.75, 3.05) is 31.1 Å². The number of rotatable bonds is 6. The number of benzene rings is 1. The second-order valence-electron chi connectivity index (χ2n) is 5.85. The molecule has 2 amide bonds. The Kier molecular flexibility index (Phi) is 4.63. The molecule has 3 rings (SSSR count). The minimum absolute atomic E-state index is 0.0152. The van der Waals surface area contributed by atoms with Crippen LogP contribution in [0, 0.1) is 0 Å². The average Bonchev–Trinajstić information content (AvgIpc) is 3.23. The molecule has 1 heterocycles. The van der Waals surface area contributed by atoms with Gasteiger partial charge in [0.25, 0.3) is 0 Å². The van der Waals surface area contributed by atoms with E-state index in [9.17, 15) is 4.79 Å². The van der Waals surface area contributed by atoms with Crippen LogP contribution in [0.2, 0.25) is 0 Å². The molecule has 118 valence electrons. The van der Waals surface area contributed by atoms with Gasteiger partial charge in [-0.1, -0.05) is 24.3 Å². The Morgan fingerprint density at radius 2 is 2.09 bits per heavy atom. The van der Waals surface area contributed by atoms with Crippen molar-refractivity contribution in [1.29, 1.82) is 0 Å². The summed E-state index contributed by atoms with van der Waals surface area (Å²) in [6.07, 6.45) is 6.42. The van der Waals surface area contributed by atoms with E-state index in [1.165, 1.54) is 5.69 Å². The summed E-state index contributed by atoms with van der Waals surface area (Å²) in [5.41, 5.74) is 2.28. The number of hydrogen-bond donors (Lipinski definition) is 2. The molecule has 0 radical (unpaired) electrons. The van der Waals surface area contributed by atoms with Crippen LogP contribution >= 0.6 is 0 Å². The van der Waals surface area contributed by atoms with Crippen LogP contribution in [-0.2, 0) is 6.54 Å². The second kappa shape index (κ2) is 6.83.